The Morgan fingerprint density at radius 2 is 1.37 bits per heavy atom. The van der Waals surface area contributed by atoms with Gasteiger partial charge in [-0.1, -0.05) is 54.6 Å². The van der Waals surface area contributed by atoms with Crippen molar-refractivity contribution in [2.24, 2.45) is 0 Å². The molecule has 0 heterocycles. The zero-order valence-corrected chi connectivity index (χ0v) is 21.5. The molecule has 0 aromatic heterocycles. The Morgan fingerprint density at radius 1 is 0.771 bits per heavy atom. The van der Waals surface area contributed by atoms with Gasteiger partial charge >= 0.3 is 0 Å². The van der Waals surface area contributed by atoms with Gasteiger partial charge in [0.05, 0.1) is 59.0 Å². The summed E-state index contributed by atoms with van der Waals surface area (Å²) in [5.41, 5.74) is 6.46. The van der Waals surface area contributed by atoms with E-state index in [9.17, 15) is 0 Å². The van der Waals surface area contributed by atoms with E-state index in [1.54, 1.807) is 7.11 Å². The highest BCUT2D eigenvalue weighted by Crippen LogP contribution is 2.39. The molecule has 0 N–H and O–H groups in total. The van der Waals surface area contributed by atoms with Gasteiger partial charge in [0.15, 0.2) is 0 Å². The monoisotopic (exact) mass is 483 g/mol. The fourth-order valence-corrected chi connectivity index (χ4v) is 4.21. The molecule has 3 rings (SSSR count). The lowest BCUT2D eigenvalue weighted by Crippen LogP contribution is -2.15. The van der Waals surface area contributed by atoms with Crippen molar-refractivity contribution >= 4 is 5.57 Å². The highest BCUT2D eigenvalue weighted by molar-refractivity contribution is 5.84. The number of hydrogen-bond acceptors (Lipinski definition) is 6. The van der Waals surface area contributed by atoms with Crippen LogP contribution in [0.4, 0.5) is 0 Å². The van der Waals surface area contributed by atoms with E-state index in [0.29, 0.717) is 52.9 Å². The SMILES string of the molecule is COCCOCCOCCOCCO[C@@H]1Cc2ccccc2/C(=C/CCN(C)C)c2ccccc21. The number of rotatable bonds is 16. The van der Waals surface area contributed by atoms with Crippen molar-refractivity contribution in [3.63, 3.8) is 0 Å². The molecule has 6 heteroatoms. The first-order valence-corrected chi connectivity index (χ1v) is 12.6. The Balaban J connectivity index is 1.53. The summed E-state index contributed by atoms with van der Waals surface area (Å²) in [6.07, 6.45) is 4.23. The molecule has 0 bridgehead atoms. The highest BCUT2D eigenvalue weighted by atomic mass is 16.6. The van der Waals surface area contributed by atoms with Gasteiger partial charge in [-0.15, -0.1) is 0 Å². The molecule has 1 aliphatic rings. The minimum Gasteiger partial charge on any atom is -0.382 e. The van der Waals surface area contributed by atoms with Crippen molar-refractivity contribution < 1.29 is 23.7 Å². The molecule has 192 valence electrons. The lowest BCUT2D eigenvalue weighted by atomic mass is 9.93. The molecule has 1 atom stereocenters. The third kappa shape index (κ3) is 9.15. The second-order valence-corrected chi connectivity index (χ2v) is 8.85. The number of nitrogens with zero attached hydrogens (tertiary/aromatic N) is 1. The van der Waals surface area contributed by atoms with Gasteiger partial charge in [-0.25, -0.2) is 0 Å². The molecule has 0 saturated heterocycles. The number of benzene rings is 2. The van der Waals surface area contributed by atoms with Gasteiger partial charge in [0, 0.05) is 20.1 Å². The minimum atomic E-state index is -0.00352. The summed E-state index contributed by atoms with van der Waals surface area (Å²) in [4.78, 5) is 2.22. The van der Waals surface area contributed by atoms with Crippen LogP contribution in [0.3, 0.4) is 0 Å². The van der Waals surface area contributed by atoms with Crippen LogP contribution >= 0.6 is 0 Å². The molecule has 1 aliphatic carbocycles. The average Bonchev–Trinajstić information content (AvgIpc) is 2.99. The smallest absolute Gasteiger partial charge is 0.0872 e. The Morgan fingerprint density at radius 3 is 2.06 bits per heavy atom. The zero-order valence-electron chi connectivity index (χ0n) is 21.5. The van der Waals surface area contributed by atoms with Gasteiger partial charge in [-0.2, -0.15) is 0 Å². The second kappa shape index (κ2) is 15.8. The summed E-state index contributed by atoms with van der Waals surface area (Å²) in [5, 5.41) is 0. The first-order chi connectivity index (χ1) is 17.2. The van der Waals surface area contributed by atoms with Gasteiger partial charge in [-0.05, 0) is 48.3 Å². The quantitative estimate of drug-likeness (QED) is 0.330. The van der Waals surface area contributed by atoms with Gasteiger partial charge in [-0.3, -0.25) is 0 Å². The van der Waals surface area contributed by atoms with E-state index < -0.39 is 0 Å². The maximum absolute atomic E-state index is 6.39. The van der Waals surface area contributed by atoms with Crippen molar-refractivity contribution in [1.82, 2.24) is 4.90 Å². The fourth-order valence-electron chi connectivity index (χ4n) is 4.21. The topological polar surface area (TPSA) is 49.4 Å². The maximum Gasteiger partial charge on any atom is 0.0872 e. The van der Waals surface area contributed by atoms with Crippen LogP contribution in [0.25, 0.3) is 5.57 Å². The van der Waals surface area contributed by atoms with Crippen LogP contribution < -0.4 is 0 Å². The molecule has 0 amide bonds. The van der Waals surface area contributed by atoms with E-state index in [-0.39, 0.29) is 6.10 Å². The minimum absolute atomic E-state index is 0.00352. The van der Waals surface area contributed by atoms with E-state index in [4.69, 9.17) is 23.7 Å². The largest absolute Gasteiger partial charge is 0.382 e. The number of hydrogen-bond donors (Lipinski definition) is 0. The number of methoxy groups -OCH3 is 1. The first-order valence-electron chi connectivity index (χ1n) is 12.6. The lowest BCUT2D eigenvalue weighted by Gasteiger charge is -2.19. The summed E-state index contributed by atoms with van der Waals surface area (Å²) in [7, 11) is 5.89. The van der Waals surface area contributed by atoms with E-state index >= 15 is 0 Å². The molecule has 0 spiro atoms. The molecule has 0 radical (unpaired) electrons. The van der Waals surface area contributed by atoms with Crippen LogP contribution in [0.2, 0.25) is 0 Å². The van der Waals surface area contributed by atoms with Gasteiger partial charge in [0.2, 0.25) is 0 Å². The molecule has 0 unspecified atom stereocenters. The Hall–Kier alpha value is -2.06. The zero-order chi connectivity index (χ0) is 24.7. The van der Waals surface area contributed by atoms with Crippen molar-refractivity contribution in [2.75, 3.05) is 80.6 Å². The molecule has 0 fully saturated rings. The van der Waals surface area contributed by atoms with Crippen molar-refractivity contribution in [3.05, 3.63) is 76.9 Å². The molecule has 0 aliphatic heterocycles. The summed E-state index contributed by atoms with van der Waals surface area (Å²) in [6.45, 7) is 5.53. The Kier molecular flexibility index (Phi) is 12.5. The normalized spacial score (nSPS) is 16.3. The molecular weight excluding hydrogens is 442 g/mol. The predicted molar refractivity (Wildman–Crippen MR) is 140 cm³/mol. The van der Waals surface area contributed by atoms with Crippen LogP contribution in [-0.4, -0.2) is 85.5 Å². The summed E-state index contributed by atoms with van der Waals surface area (Å²) in [6, 6.07) is 17.4. The maximum atomic E-state index is 6.39. The van der Waals surface area contributed by atoms with Crippen LogP contribution in [0.1, 0.15) is 34.8 Å². The third-order valence-electron chi connectivity index (χ3n) is 5.96. The van der Waals surface area contributed by atoms with Crippen LogP contribution in [0.15, 0.2) is 54.6 Å². The van der Waals surface area contributed by atoms with E-state index in [1.807, 2.05) is 0 Å². The summed E-state index contributed by atoms with van der Waals surface area (Å²) < 4.78 is 28.0. The first kappa shape index (κ1) is 27.5. The highest BCUT2D eigenvalue weighted by Gasteiger charge is 2.25. The molecule has 0 saturated carbocycles. The van der Waals surface area contributed by atoms with Crippen LogP contribution in [-0.2, 0) is 30.1 Å². The van der Waals surface area contributed by atoms with Gasteiger partial charge in [0.25, 0.3) is 0 Å². The average molecular weight is 484 g/mol. The standard InChI is InChI=1S/C29H41NO5/c1-30(2)14-8-13-26-25-10-5-4-9-24(25)23-29(28-12-7-6-11-27(26)28)35-22-21-34-20-19-33-18-17-32-16-15-31-3/h4-7,9-13,29H,8,14-23H2,1-3H3/b26-13-/t29-/m1/s1. The summed E-state index contributed by atoms with van der Waals surface area (Å²) in [5.74, 6) is 0. The third-order valence-corrected chi connectivity index (χ3v) is 5.96. The van der Waals surface area contributed by atoms with E-state index in [0.717, 1.165) is 19.4 Å². The van der Waals surface area contributed by atoms with Crippen molar-refractivity contribution in [2.45, 2.75) is 18.9 Å². The Labute approximate surface area is 210 Å². The second-order valence-electron chi connectivity index (χ2n) is 8.85. The van der Waals surface area contributed by atoms with E-state index in [2.05, 4.69) is 73.6 Å². The fraction of sp³-hybridized carbons (Fsp3) is 0.517. The van der Waals surface area contributed by atoms with Crippen LogP contribution in [0, 0.1) is 0 Å². The number of fused-ring (bicyclic) bond motifs is 2. The Bertz CT molecular complexity index is 898. The predicted octanol–water partition coefficient (Wildman–Crippen LogP) is 4.38. The van der Waals surface area contributed by atoms with Crippen molar-refractivity contribution in [3.8, 4) is 0 Å². The molecule has 35 heavy (non-hydrogen) atoms. The molecular formula is C29H41NO5. The molecule has 2 aromatic carbocycles. The van der Waals surface area contributed by atoms with Gasteiger partial charge < -0.3 is 28.6 Å². The van der Waals surface area contributed by atoms with Gasteiger partial charge in [0.1, 0.15) is 0 Å². The summed E-state index contributed by atoms with van der Waals surface area (Å²) >= 11 is 0. The lowest BCUT2D eigenvalue weighted by molar-refractivity contribution is -0.0218. The van der Waals surface area contributed by atoms with E-state index in [1.165, 1.54) is 27.8 Å². The molecule has 2 aromatic rings. The van der Waals surface area contributed by atoms with Crippen molar-refractivity contribution in [1.29, 1.82) is 0 Å². The van der Waals surface area contributed by atoms with Crippen LogP contribution in [0.5, 0.6) is 0 Å². The molecule has 6 nitrogen and oxygen atoms in total. The number of ether oxygens (including phenoxy) is 5.